The molecule has 0 saturated carbocycles. The molecule has 120 valence electrons. The fraction of sp³-hybridized carbons (Fsp3) is 0.533. The number of aliphatic hydroxyl groups excluding tert-OH is 1. The molecule has 1 aromatic carbocycles. The summed E-state index contributed by atoms with van der Waals surface area (Å²) in [6.45, 7) is 7.86. The molecule has 0 bridgehead atoms. The van der Waals surface area contributed by atoms with Gasteiger partial charge in [0.1, 0.15) is 5.82 Å². The quantitative estimate of drug-likeness (QED) is 0.569. The summed E-state index contributed by atoms with van der Waals surface area (Å²) in [5, 5.41) is 19.5. The third-order valence-electron chi connectivity index (χ3n) is 4.26. The molecule has 1 saturated heterocycles. The minimum absolute atomic E-state index is 0.0836. The molecule has 7 heteroatoms. The van der Waals surface area contributed by atoms with Crippen LogP contribution in [0.25, 0.3) is 0 Å². The molecular weight excluding hydrogens is 286 g/mol. The maximum absolute atomic E-state index is 13.9. The Balaban J connectivity index is 2.43. The van der Waals surface area contributed by atoms with Gasteiger partial charge in [-0.1, -0.05) is 0 Å². The van der Waals surface area contributed by atoms with Gasteiger partial charge >= 0.3 is 7.12 Å². The van der Waals surface area contributed by atoms with Crippen LogP contribution in [0.3, 0.4) is 0 Å². The summed E-state index contributed by atoms with van der Waals surface area (Å²) >= 11 is 0. The van der Waals surface area contributed by atoms with E-state index in [1.165, 1.54) is 12.1 Å². The average Bonchev–Trinajstić information content (AvgIpc) is 2.64. The van der Waals surface area contributed by atoms with Crippen LogP contribution in [0, 0.1) is 11.2 Å². The minimum atomic E-state index is -0.744. The van der Waals surface area contributed by atoms with Crippen molar-refractivity contribution in [1.82, 2.24) is 0 Å². The predicted molar refractivity (Wildman–Crippen MR) is 85.6 cm³/mol. The highest BCUT2D eigenvalue weighted by Crippen LogP contribution is 2.37. The summed E-state index contributed by atoms with van der Waals surface area (Å²) in [4.78, 5) is 0. The minimum Gasteiger partial charge on any atom is -0.399 e. The molecule has 0 atom stereocenters. The molecule has 2 rings (SSSR count). The fourth-order valence-corrected chi connectivity index (χ4v) is 2.30. The molecule has 1 aromatic rings. The molecule has 0 unspecified atom stereocenters. The Kier molecular flexibility index (Phi) is 4.61. The Bertz CT molecular complexity index is 562. The van der Waals surface area contributed by atoms with Gasteiger partial charge in [0.05, 0.1) is 17.8 Å². The highest BCUT2D eigenvalue weighted by atomic mass is 19.1. The maximum atomic E-state index is 13.9. The van der Waals surface area contributed by atoms with E-state index in [0.717, 1.165) is 6.21 Å². The third-order valence-corrected chi connectivity index (χ3v) is 4.26. The first kappa shape index (κ1) is 16.9. The van der Waals surface area contributed by atoms with Gasteiger partial charge in [0, 0.05) is 24.0 Å². The molecule has 1 fully saturated rings. The molecular formula is C15H22BFN2O3. The lowest BCUT2D eigenvalue weighted by atomic mass is 9.75. The second-order valence-corrected chi connectivity index (χ2v) is 6.34. The van der Waals surface area contributed by atoms with Crippen molar-refractivity contribution < 1.29 is 18.8 Å². The van der Waals surface area contributed by atoms with E-state index in [4.69, 9.17) is 19.8 Å². The topological polar surface area (TPSA) is 74.6 Å². The number of hydrogen-bond acceptors (Lipinski definition) is 5. The Morgan fingerprint density at radius 1 is 1.27 bits per heavy atom. The summed E-state index contributed by atoms with van der Waals surface area (Å²) in [5.74, 6) is -0.448. The van der Waals surface area contributed by atoms with E-state index in [9.17, 15) is 4.39 Å². The van der Waals surface area contributed by atoms with E-state index in [1.807, 2.05) is 27.7 Å². The van der Waals surface area contributed by atoms with Crippen LogP contribution in [0.2, 0.25) is 0 Å². The SMILES string of the molecule is CC1(C)OB(c2cc(F)cc(NCCO)c2C=N)OC1(C)C. The van der Waals surface area contributed by atoms with Gasteiger partial charge in [-0.05, 0) is 45.3 Å². The zero-order valence-corrected chi connectivity index (χ0v) is 13.4. The normalized spacial score (nSPS) is 19.3. The van der Waals surface area contributed by atoms with Crippen molar-refractivity contribution in [3.05, 3.63) is 23.5 Å². The van der Waals surface area contributed by atoms with E-state index in [1.54, 1.807) is 0 Å². The van der Waals surface area contributed by atoms with Crippen LogP contribution in [-0.2, 0) is 9.31 Å². The first-order valence-electron chi connectivity index (χ1n) is 7.26. The van der Waals surface area contributed by atoms with Crippen LogP contribution in [0.15, 0.2) is 12.1 Å². The molecule has 0 amide bonds. The van der Waals surface area contributed by atoms with Crippen LogP contribution < -0.4 is 10.8 Å². The Morgan fingerprint density at radius 3 is 2.36 bits per heavy atom. The van der Waals surface area contributed by atoms with Crippen LogP contribution in [0.1, 0.15) is 33.3 Å². The van der Waals surface area contributed by atoms with Crippen LogP contribution >= 0.6 is 0 Å². The first-order valence-corrected chi connectivity index (χ1v) is 7.26. The standard InChI is InChI=1S/C15H22BFN2O3/c1-14(2)15(3,4)22-16(21-14)12-7-10(17)8-13(11(12)9-18)19-5-6-20/h7-9,18-20H,5-6H2,1-4H3. The van der Waals surface area contributed by atoms with Gasteiger partial charge in [-0.25, -0.2) is 4.39 Å². The van der Waals surface area contributed by atoms with Crippen LogP contribution in [0.5, 0.6) is 0 Å². The van der Waals surface area contributed by atoms with Crippen molar-refractivity contribution >= 4 is 24.5 Å². The van der Waals surface area contributed by atoms with E-state index in [2.05, 4.69) is 5.32 Å². The number of hydrogen-bond donors (Lipinski definition) is 3. The Labute approximate surface area is 130 Å². The number of rotatable bonds is 5. The zero-order valence-electron chi connectivity index (χ0n) is 13.4. The van der Waals surface area contributed by atoms with Gasteiger partial charge in [0.2, 0.25) is 0 Å². The van der Waals surface area contributed by atoms with Crippen molar-refractivity contribution in [2.75, 3.05) is 18.5 Å². The lowest BCUT2D eigenvalue weighted by Gasteiger charge is -2.32. The summed E-state index contributed by atoms with van der Waals surface area (Å²) in [5.41, 5.74) is 0.320. The van der Waals surface area contributed by atoms with Crippen LogP contribution in [0.4, 0.5) is 10.1 Å². The smallest absolute Gasteiger partial charge is 0.399 e. The Morgan fingerprint density at radius 2 is 1.86 bits per heavy atom. The van der Waals surface area contributed by atoms with Gasteiger partial charge in [0.25, 0.3) is 0 Å². The molecule has 0 spiro atoms. The van der Waals surface area contributed by atoms with Gasteiger partial charge in [0.15, 0.2) is 0 Å². The largest absolute Gasteiger partial charge is 0.495 e. The van der Waals surface area contributed by atoms with Crippen molar-refractivity contribution in [3.8, 4) is 0 Å². The molecule has 0 aliphatic carbocycles. The molecule has 5 nitrogen and oxygen atoms in total. The Hall–Kier alpha value is -1.44. The number of anilines is 1. The van der Waals surface area contributed by atoms with Crippen molar-refractivity contribution in [2.24, 2.45) is 0 Å². The number of aliphatic hydroxyl groups is 1. The zero-order chi connectivity index (χ0) is 16.5. The molecule has 3 N–H and O–H groups in total. The van der Waals surface area contributed by atoms with Gasteiger partial charge in [-0.15, -0.1) is 0 Å². The average molecular weight is 308 g/mol. The van der Waals surface area contributed by atoms with Crippen molar-refractivity contribution in [1.29, 1.82) is 5.41 Å². The number of nitrogens with one attached hydrogen (secondary N) is 2. The maximum Gasteiger partial charge on any atom is 0.495 e. The first-order chi connectivity index (χ1) is 10.2. The molecule has 1 aliphatic rings. The molecule has 0 aromatic heterocycles. The molecule has 0 radical (unpaired) electrons. The van der Waals surface area contributed by atoms with Crippen molar-refractivity contribution in [3.63, 3.8) is 0 Å². The fourth-order valence-electron chi connectivity index (χ4n) is 2.30. The number of halogens is 1. The van der Waals surface area contributed by atoms with Gasteiger partial charge in [-0.2, -0.15) is 0 Å². The summed E-state index contributed by atoms with van der Waals surface area (Å²) in [6.07, 6.45) is 1.14. The molecule has 1 heterocycles. The molecule has 22 heavy (non-hydrogen) atoms. The van der Waals surface area contributed by atoms with Gasteiger partial charge in [-0.3, -0.25) is 0 Å². The van der Waals surface area contributed by atoms with E-state index < -0.39 is 24.1 Å². The monoisotopic (exact) mass is 308 g/mol. The highest BCUT2D eigenvalue weighted by Gasteiger charge is 2.52. The van der Waals surface area contributed by atoms with E-state index >= 15 is 0 Å². The molecule has 1 aliphatic heterocycles. The summed E-state index contributed by atoms with van der Waals surface area (Å²) in [7, 11) is -0.744. The highest BCUT2D eigenvalue weighted by molar-refractivity contribution is 6.63. The lowest BCUT2D eigenvalue weighted by molar-refractivity contribution is 0.00578. The van der Waals surface area contributed by atoms with Crippen LogP contribution in [-0.4, -0.2) is 42.8 Å². The van der Waals surface area contributed by atoms with E-state index in [0.29, 0.717) is 16.7 Å². The summed E-state index contributed by atoms with van der Waals surface area (Å²) < 4.78 is 25.8. The third kappa shape index (κ3) is 3.02. The predicted octanol–water partition coefficient (Wildman–Crippen LogP) is 1.53. The van der Waals surface area contributed by atoms with E-state index in [-0.39, 0.29) is 13.2 Å². The van der Waals surface area contributed by atoms with Crippen molar-refractivity contribution in [2.45, 2.75) is 38.9 Å². The second kappa shape index (κ2) is 5.99. The lowest BCUT2D eigenvalue weighted by Crippen LogP contribution is -2.41. The number of benzene rings is 1. The van der Waals surface area contributed by atoms with Gasteiger partial charge < -0.3 is 25.1 Å². The summed E-state index contributed by atoms with van der Waals surface area (Å²) in [6, 6.07) is 2.62. The second-order valence-electron chi connectivity index (χ2n) is 6.34.